The van der Waals surface area contributed by atoms with E-state index in [-0.39, 0.29) is 0 Å². The molecule has 0 radical (unpaired) electrons. The summed E-state index contributed by atoms with van der Waals surface area (Å²) < 4.78 is 6.06. The Morgan fingerprint density at radius 1 is 1.33 bits per heavy atom. The van der Waals surface area contributed by atoms with E-state index in [1.807, 2.05) is 0 Å². The molecule has 2 rings (SSSR count). The van der Waals surface area contributed by atoms with Crippen LogP contribution in [0.15, 0.2) is 0 Å². The van der Waals surface area contributed by atoms with Crippen LogP contribution in [0.4, 0.5) is 0 Å². The second-order valence-electron chi connectivity index (χ2n) is 6.55. The maximum absolute atomic E-state index is 6.06. The van der Waals surface area contributed by atoms with E-state index in [2.05, 4.69) is 26.1 Å². The molecule has 3 unspecified atom stereocenters. The van der Waals surface area contributed by atoms with Gasteiger partial charge in [-0.05, 0) is 56.9 Å². The Balaban J connectivity index is 1.92. The molecular formula is C16H31NO. The predicted molar refractivity (Wildman–Crippen MR) is 76.8 cm³/mol. The van der Waals surface area contributed by atoms with Crippen LogP contribution in [-0.2, 0) is 4.74 Å². The standard InChI is InChI=1S/C16H31NO/c1-4-13(3)11-15(17-5-2)14-7-10-18-16(12-14)8-6-9-16/h13-15,17H,4-12H2,1-3H3. The van der Waals surface area contributed by atoms with Crippen LogP contribution in [0.3, 0.4) is 0 Å². The molecule has 1 aliphatic heterocycles. The number of hydrogen-bond acceptors (Lipinski definition) is 2. The summed E-state index contributed by atoms with van der Waals surface area (Å²) in [4.78, 5) is 0. The minimum Gasteiger partial charge on any atom is -0.375 e. The van der Waals surface area contributed by atoms with Gasteiger partial charge in [-0.25, -0.2) is 0 Å². The molecule has 18 heavy (non-hydrogen) atoms. The average Bonchev–Trinajstić information content (AvgIpc) is 2.36. The van der Waals surface area contributed by atoms with Crippen LogP contribution in [0.1, 0.15) is 65.7 Å². The maximum Gasteiger partial charge on any atom is 0.0685 e. The minimum atomic E-state index is 0.298. The summed E-state index contributed by atoms with van der Waals surface area (Å²) in [6.07, 6.45) is 9.21. The third-order valence-corrected chi connectivity index (χ3v) is 5.18. The Kier molecular flexibility index (Phi) is 5.08. The van der Waals surface area contributed by atoms with Gasteiger partial charge in [0.05, 0.1) is 5.60 Å². The van der Waals surface area contributed by atoms with E-state index in [4.69, 9.17) is 4.74 Å². The van der Waals surface area contributed by atoms with Crippen LogP contribution < -0.4 is 5.32 Å². The summed E-state index contributed by atoms with van der Waals surface area (Å²) in [5, 5.41) is 3.75. The molecular weight excluding hydrogens is 222 g/mol. The first-order valence-electron chi connectivity index (χ1n) is 8.06. The Morgan fingerprint density at radius 3 is 2.67 bits per heavy atom. The Bertz CT molecular complexity index is 247. The summed E-state index contributed by atoms with van der Waals surface area (Å²) in [6, 6.07) is 0.714. The van der Waals surface area contributed by atoms with Crippen molar-refractivity contribution in [2.24, 2.45) is 11.8 Å². The van der Waals surface area contributed by atoms with Gasteiger partial charge >= 0.3 is 0 Å². The molecule has 1 heterocycles. The van der Waals surface area contributed by atoms with Gasteiger partial charge in [-0.1, -0.05) is 27.2 Å². The molecule has 1 saturated carbocycles. The molecule has 106 valence electrons. The van der Waals surface area contributed by atoms with Gasteiger partial charge in [0.25, 0.3) is 0 Å². The highest BCUT2D eigenvalue weighted by Gasteiger charge is 2.44. The lowest BCUT2D eigenvalue weighted by molar-refractivity contribution is -0.147. The SMILES string of the molecule is CCNC(CC(C)CC)C1CCOC2(CCC2)C1. The molecule has 0 aromatic rings. The zero-order valence-electron chi connectivity index (χ0n) is 12.5. The van der Waals surface area contributed by atoms with Crippen LogP contribution in [-0.4, -0.2) is 24.8 Å². The van der Waals surface area contributed by atoms with Gasteiger partial charge in [0, 0.05) is 12.6 Å². The van der Waals surface area contributed by atoms with E-state index >= 15 is 0 Å². The molecule has 0 aromatic carbocycles. The number of hydrogen-bond donors (Lipinski definition) is 1. The van der Waals surface area contributed by atoms with Crippen molar-refractivity contribution < 1.29 is 4.74 Å². The highest BCUT2D eigenvalue weighted by atomic mass is 16.5. The smallest absolute Gasteiger partial charge is 0.0685 e. The summed E-state index contributed by atoms with van der Waals surface area (Å²) in [5.74, 6) is 1.68. The second kappa shape index (κ2) is 6.38. The maximum atomic E-state index is 6.06. The van der Waals surface area contributed by atoms with Crippen LogP contribution in [0.25, 0.3) is 0 Å². The zero-order valence-corrected chi connectivity index (χ0v) is 12.5. The fraction of sp³-hybridized carbons (Fsp3) is 1.00. The van der Waals surface area contributed by atoms with Crippen molar-refractivity contribution in [3.8, 4) is 0 Å². The van der Waals surface area contributed by atoms with E-state index in [1.165, 1.54) is 44.9 Å². The van der Waals surface area contributed by atoms with E-state index in [0.717, 1.165) is 25.0 Å². The second-order valence-corrected chi connectivity index (χ2v) is 6.55. The molecule has 2 fully saturated rings. The van der Waals surface area contributed by atoms with Gasteiger partial charge in [0.1, 0.15) is 0 Å². The molecule has 2 heteroatoms. The predicted octanol–water partition coefficient (Wildman–Crippen LogP) is 3.75. The van der Waals surface area contributed by atoms with E-state index in [1.54, 1.807) is 0 Å². The van der Waals surface area contributed by atoms with Crippen molar-refractivity contribution in [3.63, 3.8) is 0 Å². The van der Waals surface area contributed by atoms with Crippen LogP contribution in [0, 0.1) is 11.8 Å². The van der Waals surface area contributed by atoms with Crippen molar-refractivity contribution in [1.82, 2.24) is 5.32 Å². The molecule has 1 saturated heterocycles. The van der Waals surface area contributed by atoms with Gasteiger partial charge in [0.15, 0.2) is 0 Å². The molecule has 0 amide bonds. The van der Waals surface area contributed by atoms with Crippen molar-refractivity contribution in [2.75, 3.05) is 13.2 Å². The molecule has 0 aromatic heterocycles. The summed E-state index contributed by atoms with van der Waals surface area (Å²) in [7, 11) is 0. The van der Waals surface area contributed by atoms with Crippen molar-refractivity contribution >= 4 is 0 Å². The number of ether oxygens (including phenoxy) is 1. The van der Waals surface area contributed by atoms with Gasteiger partial charge in [-0.2, -0.15) is 0 Å². The first kappa shape index (κ1) is 14.3. The zero-order chi connectivity index (χ0) is 13.0. The van der Waals surface area contributed by atoms with Crippen LogP contribution >= 0.6 is 0 Å². The molecule has 0 bridgehead atoms. The lowest BCUT2D eigenvalue weighted by Gasteiger charge is -2.49. The van der Waals surface area contributed by atoms with E-state index in [0.29, 0.717) is 11.6 Å². The van der Waals surface area contributed by atoms with Crippen LogP contribution in [0.2, 0.25) is 0 Å². The fourth-order valence-electron chi connectivity index (χ4n) is 3.63. The quantitative estimate of drug-likeness (QED) is 0.778. The Morgan fingerprint density at radius 2 is 2.11 bits per heavy atom. The largest absolute Gasteiger partial charge is 0.375 e. The van der Waals surface area contributed by atoms with Crippen molar-refractivity contribution in [1.29, 1.82) is 0 Å². The Hall–Kier alpha value is -0.0800. The Labute approximate surface area is 113 Å². The van der Waals surface area contributed by atoms with Crippen molar-refractivity contribution in [3.05, 3.63) is 0 Å². The molecule has 1 aliphatic carbocycles. The summed E-state index contributed by atoms with van der Waals surface area (Å²) >= 11 is 0. The summed E-state index contributed by atoms with van der Waals surface area (Å²) in [5.41, 5.74) is 0.298. The molecule has 1 spiro atoms. The first-order chi connectivity index (χ1) is 8.69. The third kappa shape index (κ3) is 3.27. The first-order valence-corrected chi connectivity index (χ1v) is 8.06. The summed E-state index contributed by atoms with van der Waals surface area (Å²) in [6.45, 7) is 9.04. The van der Waals surface area contributed by atoms with Gasteiger partial charge < -0.3 is 10.1 Å². The highest BCUT2D eigenvalue weighted by molar-refractivity contribution is 4.96. The normalized spacial score (nSPS) is 29.8. The monoisotopic (exact) mass is 253 g/mol. The number of rotatable bonds is 6. The third-order valence-electron chi connectivity index (χ3n) is 5.18. The van der Waals surface area contributed by atoms with Gasteiger partial charge in [-0.15, -0.1) is 0 Å². The highest BCUT2D eigenvalue weighted by Crippen LogP contribution is 2.45. The molecule has 3 atom stereocenters. The molecule has 1 N–H and O–H groups in total. The topological polar surface area (TPSA) is 21.3 Å². The van der Waals surface area contributed by atoms with Crippen molar-refractivity contribution in [2.45, 2.75) is 77.4 Å². The molecule has 2 nitrogen and oxygen atoms in total. The molecule has 2 aliphatic rings. The van der Waals surface area contributed by atoms with E-state index in [9.17, 15) is 0 Å². The number of nitrogens with one attached hydrogen (secondary N) is 1. The lowest BCUT2D eigenvalue weighted by atomic mass is 9.69. The van der Waals surface area contributed by atoms with Crippen LogP contribution in [0.5, 0.6) is 0 Å². The average molecular weight is 253 g/mol. The van der Waals surface area contributed by atoms with Gasteiger partial charge in [-0.3, -0.25) is 0 Å². The fourth-order valence-corrected chi connectivity index (χ4v) is 3.63. The van der Waals surface area contributed by atoms with E-state index < -0.39 is 0 Å². The minimum absolute atomic E-state index is 0.298. The van der Waals surface area contributed by atoms with Gasteiger partial charge in [0.2, 0.25) is 0 Å². The lowest BCUT2D eigenvalue weighted by Crippen LogP contribution is -2.50.